The molecule has 0 N–H and O–H groups in total. The molecule has 0 heterocycles. The van der Waals surface area contributed by atoms with Crippen molar-refractivity contribution in [2.45, 2.75) is 13.8 Å². The standard InChI is InChI=1S/C17H17FO/c1-12-4-5-14(10-13(12)2)6-7-15-8-9-17(19-3)16(18)11-15/h4-11H,1-3H3/b7-6-. The first-order chi connectivity index (χ1) is 9.10. The third-order valence-electron chi connectivity index (χ3n) is 3.18. The lowest BCUT2D eigenvalue weighted by Crippen LogP contribution is -1.87. The van der Waals surface area contributed by atoms with Gasteiger partial charge in [0.25, 0.3) is 0 Å². The van der Waals surface area contributed by atoms with Crippen molar-refractivity contribution < 1.29 is 9.13 Å². The summed E-state index contributed by atoms with van der Waals surface area (Å²) in [7, 11) is 1.46. The van der Waals surface area contributed by atoms with Crippen LogP contribution in [0.4, 0.5) is 4.39 Å². The molecule has 0 aliphatic heterocycles. The Bertz CT molecular complexity index is 615. The number of hydrogen-bond acceptors (Lipinski definition) is 1. The highest BCUT2D eigenvalue weighted by Gasteiger charge is 2.01. The van der Waals surface area contributed by atoms with Gasteiger partial charge in [-0.25, -0.2) is 4.39 Å². The summed E-state index contributed by atoms with van der Waals surface area (Å²) < 4.78 is 18.4. The second-order valence-corrected chi connectivity index (χ2v) is 4.57. The van der Waals surface area contributed by atoms with Crippen LogP contribution in [0.2, 0.25) is 0 Å². The molecule has 0 aromatic heterocycles. The molecule has 2 rings (SSSR count). The summed E-state index contributed by atoms with van der Waals surface area (Å²) in [5, 5.41) is 0. The summed E-state index contributed by atoms with van der Waals surface area (Å²) in [5.41, 5.74) is 4.45. The van der Waals surface area contributed by atoms with E-state index in [9.17, 15) is 4.39 Å². The summed E-state index contributed by atoms with van der Waals surface area (Å²) in [6.07, 6.45) is 3.88. The molecule has 0 spiro atoms. The Morgan fingerprint density at radius 1 is 0.895 bits per heavy atom. The zero-order chi connectivity index (χ0) is 13.8. The van der Waals surface area contributed by atoms with Crippen LogP contribution in [0.3, 0.4) is 0 Å². The molecule has 0 aliphatic rings. The molecule has 0 unspecified atom stereocenters. The van der Waals surface area contributed by atoms with Crippen LogP contribution in [0.25, 0.3) is 12.2 Å². The van der Waals surface area contributed by atoms with E-state index in [-0.39, 0.29) is 11.6 Å². The first-order valence-electron chi connectivity index (χ1n) is 6.19. The number of methoxy groups -OCH3 is 1. The lowest BCUT2D eigenvalue weighted by Gasteiger charge is -2.03. The predicted molar refractivity (Wildman–Crippen MR) is 77.8 cm³/mol. The lowest BCUT2D eigenvalue weighted by atomic mass is 10.1. The molecule has 0 aliphatic carbocycles. The zero-order valence-corrected chi connectivity index (χ0v) is 11.4. The molecule has 1 nitrogen and oxygen atoms in total. The van der Waals surface area contributed by atoms with E-state index >= 15 is 0 Å². The molecule has 0 fully saturated rings. The fourth-order valence-corrected chi connectivity index (χ4v) is 1.85. The van der Waals surface area contributed by atoms with E-state index in [2.05, 4.69) is 32.0 Å². The average Bonchev–Trinajstić information content (AvgIpc) is 2.40. The van der Waals surface area contributed by atoms with Gasteiger partial charge in [-0.3, -0.25) is 0 Å². The van der Waals surface area contributed by atoms with Gasteiger partial charge in [-0.15, -0.1) is 0 Å². The SMILES string of the molecule is COc1ccc(/C=C\c2ccc(C)c(C)c2)cc1F. The van der Waals surface area contributed by atoms with Crippen LogP contribution in [0, 0.1) is 19.7 Å². The van der Waals surface area contributed by atoms with Gasteiger partial charge < -0.3 is 4.74 Å². The molecule has 98 valence electrons. The van der Waals surface area contributed by atoms with Crippen LogP contribution < -0.4 is 4.74 Å². The monoisotopic (exact) mass is 256 g/mol. The zero-order valence-electron chi connectivity index (χ0n) is 11.4. The number of rotatable bonds is 3. The van der Waals surface area contributed by atoms with Gasteiger partial charge in [0.05, 0.1) is 7.11 Å². The van der Waals surface area contributed by atoms with Crippen molar-refractivity contribution in [3.8, 4) is 5.75 Å². The Labute approximate surface area is 113 Å². The quantitative estimate of drug-likeness (QED) is 0.728. The maximum absolute atomic E-state index is 13.5. The first kappa shape index (κ1) is 13.3. The van der Waals surface area contributed by atoms with Gasteiger partial charge >= 0.3 is 0 Å². The first-order valence-corrected chi connectivity index (χ1v) is 6.19. The van der Waals surface area contributed by atoms with Gasteiger partial charge in [0.15, 0.2) is 11.6 Å². The Kier molecular flexibility index (Phi) is 4.00. The summed E-state index contributed by atoms with van der Waals surface area (Å²) in [6.45, 7) is 4.17. The van der Waals surface area contributed by atoms with Crippen LogP contribution in [-0.4, -0.2) is 7.11 Å². The van der Waals surface area contributed by atoms with E-state index in [1.165, 1.54) is 24.3 Å². The molecule has 2 aromatic carbocycles. The molecular formula is C17H17FO. The molecule has 0 bridgehead atoms. The fourth-order valence-electron chi connectivity index (χ4n) is 1.85. The van der Waals surface area contributed by atoms with Crippen molar-refractivity contribution in [3.63, 3.8) is 0 Å². The largest absolute Gasteiger partial charge is 0.494 e. The normalized spacial score (nSPS) is 10.9. The average molecular weight is 256 g/mol. The number of aryl methyl sites for hydroxylation is 2. The minimum Gasteiger partial charge on any atom is -0.494 e. The second-order valence-electron chi connectivity index (χ2n) is 4.57. The maximum Gasteiger partial charge on any atom is 0.165 e. The molecule has 2 heteroatoms. The van der Waals surface area contributed by atoms with E-state index in [0.717, 1.165) is 11.1 Å². The number of ether oxygens (including phenoxy) is 1. The van der Waals surface area contributed by atoms with Crippen molar-refractivity contribution in [1.82, 2.24) is 0 Å². The summed E-state index contributed by atoms with van der Waals surface area (Å²) in [5.74, 6) is -0.0759. The molecule has 0 atom stereocenters. The van der Waals surface area contributed by atoms with Crippen LogP contribution >= 0.6 is 0 Å². The number of benzene rings is 2. The van der Waals surface area contributed by atoms with Gasteiger partial charge in [-0.1, -0.05) is 36.4 Å². The van der Waals surface area contributed by atoms with Gasteiger partial charge in [-0.2, -0.15) is 0 Å². The van der Waals surface area contributed by atoms with E-state index in [1.54, 1.807) is 6.07 Å². The summed E-state index contributed by atoms with van der Waals surface area (Å²) in [4.78, 5) is 0. The van der Waals surface area contributed by atoms with Crippen molar-refractivity contribution in [2.75, 3.05) is 7.11 Å². The van der Waals surface area contributed by atoms with Crippen LogP contribution in [0.1, 0.15) is 22.3 Å². The highest BCUT2D eigenvalue weighted by Crippen LogP contribution is 2.19. The van der Waals surface area contributed by atoms with E-state index in [0.29, 0.717) is 0 Å². The second kappa shape index (κ2) is 5.70. The smallest absolute Gasteiger partial charge is 0.165 e. The minimum atomic E-state index is -0.343. The fraction of sp³-hybridized carbons (Fsp3) is 0.176. The summed E-state index contributed by atoms with van der Waals surface area (Å²) in [6, 6.07) is 11.2. The molecule has 19 heavy (non-hydrogen) atoms. The van der Waals surface area contributed by atoms with Crippen LogP contribution in [-0.2, 0) is 0 Å². The van der Waals surface area contributed by atoms with Crippen molar-refractivity contribution in [2.24, 2.45) is 0 Å². The topological polar surface area (TPSA) is 9.23 Å². The van der Waals surface area contributed by atoms with Gasteiger partial charge in [0, 0.05) is 0 Å². The molecule has 0 radical (unpaired) electrons. The number of halogens is 1. The van der Waals surface area contributed by atoms with Crippen molar-refractivity contribution >= 4 is 12.2 Å². The Morgan fingerprint density at radius 2 is 1.53 bits per heavy atom. The maximum atomic E-state index is 13.5. The molecule has 0 saturated heterocycles. The van der Waals surface area contributed by atoms with Gasteiger partial charge in [0.1, 0.15) is 0 Å². The lowest BCUT2D eigenvalue weighted by molar-refractivity contribution is 0.386. The summed E-state index contributed by atoms with van der Waals surface area (Å²) >= 11 is 0. The predicted octanol–water partition coefficient (Wildman–Crippen LogP) is 4.62. The van der Waals surface area contributed by atoms with Crippen molar-refractivity contribution in [1.29, 1.82) is 0 Å². The number of hydrogen-bond donors (Lipinski definition) is 0. The molecule has 2 aromatic rings. The van der Waals surface area contributed by atoms with Gasteiger partial charge in [-0.05, 0) is 48.2 Å². The Balaban J connectivity index is 2.22. The molecule has 0 saturated carbocycles. The Morgan fingerprint density at radius 3 is 2.11 bits per heavy atom. The minimum absolute atomic E-state index is 0.267. The van der Waals surface area contributed by atoms with Gasteiger partial charge in [0.2, 0.25) is 0 Å². The highest BCUT2D eigenvalue weighted by molar-refractivity contribution is 5.70. The Hall–Kier alpha value is -2.09. The van der Waals surface area contributed by atoms with E-state index in [1.807, 2.05) is 18.2 Å². The van der Waals surface area contributed by atoms with Crippen LogP contribution in [0.5, 0.6) is 5.75 Å². The third kappa shape index (κ3) is 3.22. The van der Waals surface area contributed by atoms with Crippen molar-refractivity contribution in [3.05, 3.63) is 64.5 Å². The molecule has 0 amide bonds. The third-order valence-corrected chi connectivity index (χ3v) is 3.18. The molecular weight excluding hydrogens is 239 g/mol. The van der Waals surface area contributed by atoms with E-state index < -0.39 is 0 Å². The van der Waals surface area contributed by atoms with E-state index in [4.69, 9.17) is 4.74 Å². The highest BCUT2D eigenvalue weighted by atomic mass is 19.1. The van der Waals surface area contributed by atoms with Crippen LogP contribution in [0.15, 0.2) is 36.4 Å².